The zero-order chi connectivity index (χ0) is 17.8. The summed E-state index contributed by atoms with van der Waals surface area (Å²) in [6.07, 6.45) is 0. The highest BCUT2D eigenvalue weighted by Crippen LogP contribution is 2.25. The molecule has 8 heteroatoms. The second-order valence-corrected chi connectivity index (χ2v) is 5.34. The van der Waals surface area contributed by atoms with Crippen molar-refractivity contribution in [1.82, 2.24) is 10.4 Å². The number of nitrogens with one attached hydrogen (secondary N) is 2. The van der Waals surface area contributed by atoms with E-state index in [1.54, 1.807) is 24.3 Å². The van der Waals surface area contributed by atoms with Crippen molar-refractivity contribution in [3.8, 4) is 17.5 Å². The predicted molar refractivity (Wildman–Crippen MR) is 89.2 cm³/mol. The van der Waals surface area contributed by atoms with E-state index in [1.807, 2.05) is 6.07 Å². The van der Waals surface area contributed by atoms with E-state index in [0.29, 0.717) is 10.6 Å². The lowest BCUT2D eigenvalue weighted by molar-refractivity contribution is 0.0961. The van der Waals surface area contributed by atoms with Crippen LogP contribution in [0.3, 0.4) is 0 Å². The van der Waals surface area contributed by atoms with Crippen molar-refractivity contribution in [3.05, 3.63) is 70.6 Å². The molecule has 3 aromatic rings. The Morgan fingerprint density at radius 2 is 1.84 bits per heavy atom. The van der Waals surface area contributed by atoms with Gasteiger partial charge >= 0.3 is 0 Å². The second kappa shape index (κ2) is 7.03. The van der Waals surface area contributed by atoms with Crippen LogP contribution >= 0.6 is 11.6 Å². The van der Waals surface area contributed by atoms with E-state index >= 15 is 0 Å². The average Bonchev–Trinajstić information content (AvgIpc) is 3.04. The third kappa shape index (κ3) is 3.76. The predicted octanol–water partition coefficient (Wildman–Crippen LogP) is 3.76. The number of carbonyl (C=O) groups excluding carboxylic acids is 1. The van der Waals surface area contributed by atoms with Gasteiger partial charge in [0, 0.05) is 16.1 Å². The minimum absolute atomic E-state index is 0.0112. The molecule has 2 N–H and O–H groups in total. The molecule has 0 bridgehead atoms. The van der Waals surface area contributed by atoms with Gasteiger partial charge in [-0.15, -0.1) is 0 Å². The van der Waals surface area contributed by atoms with E-state index < -0.39 is 11.7 Å². The fraction of sp³-hybridized carbons (Fsp3) is 0. The molecule has 1 aromatic heterocycles. The summed E-state index contributed by atoms with van der Waals surface area (Å²) in [6.45, 7) is 0. The number of hydrogen-bond acceptors (Lipinski definition) is 5. The number of halogens is 2. The molecule has 1 heterocycles. The fourth-order valence-electron chi connectivity index (χ4n) is 1.98. The van der Waals surface area contributed by atoms with Crippen molar-refractivity contribution in [2.75, 3.05) is 5.43 Å². The molecule has 0 aliphatic carbocycles. The van der Waals surface area contributed by atoms with Gasteiger partial charge in [0.2, 0.25) is 11.6 Å². The van der Waals surface area contributed by atoms with Crippen LogP contribution in [0.4, 0.5) is 10.3 Å². The fourth-order valence-corrected chi connectivity index (χ4v) is 2.11. The maximum Gasteiger partial charge on any atom is 0.269 e. The van der Waals surface area contributed by atoms with E-state index in [0.717, 1.165) is 0 Å². The molecule has 0 aliphatic rings. The lowest BCUT2D eigenvalue weighted by Gasteiger charge is -2.05. The van der Waals surface area contributed by atoms with Gasteiger partial charge in [-0.2, -0.15) is 10.2 Å². The first-order chi connectivity index (χ1) is 12.1. The highest BCUT2D eigenvalue weighted by atomic mass is 35.5. The Morgan fingerprint density at radius 1 is 1.16 bits per heavy atom. The number of carbonyl (C=O) groups is 1. The number of hydrazine groups is 1. The number of oxazole rings is 1. The van der Waals surface area contributed by atoms with E-state index in [9.17, 15) is 9.18 Å². The van der Waals surface area contributed by atoms with Gasteiger partial charge in [-0.3, -0.25) is 15.6 Å². The highest BCUT2D eigenvalue weighted by molar-refractivity contribution is 6.30. The maximum atomic E-state index is 12.9. The van der Waals surface area contributed by atoms with Crippen LogP contribution in [0, 0.1) is 17.1 Å². The molecule has 3 rings (SSSR count). The van der Waals surface area contributed by atoms with Crippen molar-refractivity contribution < 1.29 is 13.6 Å². The number of nitrogens with zero attached hydrogens (tertiary/aromatic N) is 2. The molecule has 124 valence electrons. The average molecular weight is 357 g/mol. The van der Waals surface area contributed by atoms with Gasteiger partial charge < -0.3 is 4.42 Å². The Bertz CT molecular complexity index is 946. The first kappa shape index (κ1) is 16.5. The van der Waals surface area contributed by atoms with Crippen molar-refractivity contribution in [1.29, 1.82) is 5.26 Å². The molecule has 0 aliphatic heterocycles. The number of benzene rings is 2. The summed E-state index contributed by atoms with van der Waals surface area (Å²) >= 11 is 5.83. The van der Waals surface area contributed by atoms with Crippen LogP contribution in [-0.4, -0.2) is 10.9 Å². The molecule has 0 saturated heterocycles. The molecule has 2 aromatic carbocycles. The maximum absolute atomic E-state index is 12.9. The molecular formula is C17H10ClFN4O2. The van der Waals surface area contributed by atoms with E-state index in [1.165, 1.54) is 24.3 Å². The first-order valence-electron chi connectivity index (χ1n) is 7.05. The molecule has 0 spiro atoms. The van der Waals surface area contributed by atoms with Gasteiger partial charge in [-0.1, -0.05) is 11.6 Å². The first-order valence-corrected chi connectivity index (χ1v) is 7.43. The summed E-state index contributed by atoms with van der Waals surface area (Å²) in [6, 6.07) is 13.6. The summed E-state index contributed by atoms with van der Waals surface area (Å²) in [5.41, 5.74) is 5.71. The van der Waals surface area contributed by atoms with E-state index in [-0.39, 0.29) is 23.0 Å². The van der Waals surface area contributed by atoms with Crippen LogP contribution in [0.1, 0.15) is 16.1 Å². The minimum Gasteiger partial charge on any atom is -0.417 e. The smallest absolute Gasteiger partial charge is 0.269 e. The quantitative estimate of drug-likeness (QED) is 0.694. The van der Waals surface area contributed by atoms with Crippen LogP contribution in [0.2, 0.25) is 5.02 Å². The Morgan fingerprint density at radius 3 is 2.48 bits per heavy atom. The Hall–Kier alpha value is -3.37. The summed E-state index contributed by atoms with van der Waals surface area (Å²) in [4.78, 5) is 16.0. The van der Waals surface area contributed by atoms with Gasteiger partial charge in [0.15, 0.2) is 0 Å². The molecule has 25 heavy (non-hydrogen) atoms. The lowest BCUT2D eigenvalue weighted by Crippen LogP contribution is -2.29. The van der Waals surface area contributed by atoms with Crippen LogP contribution in [0.25, 0.3) is 11.5 Å². The van der Waals surface area contributed by atoms with Gasteiger partial charge in [-0.25, -0.2) is 4.39 Å². The molecule has 0 radical (unpaired) electrons. The standard InChI is InChI=1S/C17H10ClFN4O2/c18-12-5-1-11(2-6-12)16-21-14(9-20)17(25-16)23-22-15(24)10-3-7-13(19)8-4-10/h1-8,23H,(H,22,24). The number of aromatic nitrogens is 1. The summed E-state index contributed by atoms with van der Waals surface area (Å²) in [5, 5.41) is 9.70. The van der Waals surface area contributed by atoms with Crippen molar-refractivity contribution in [2.45, 2.75) is 0 Å². The number of rotatable bonds is 4. The largest absolute Gasteiger partial charge is 0.417 e. The normalized spacial score (nSPS) is 10.1. The van der Waals surface area contributed by atoms with Crippen molar-refractivity contribution in [2.24, 2.45) is 0 Å². The number of nitriles is 1. The van der Waals surface area contributed by atoms with E-state index in [2.05, 4.69) is 15.8 Å². The molecule has 0 fully saturated rings. The molecular weight excluding hydrogens is 347 g/mol. The summed E-state index contributed by atoms with van der Waals surface area (Å²) in [7, 11) is 0. The number of anilines is 1. The topological polar surface area (TPSA) is 90.9 Å². The van der Waals surface area contributed by atoms with Crippen LogP contribution in [0.15, 0.2) is 52.9 Å². The van der Waals surface area contributed by atoms with Gasteiger partial charge in [0.25, 0.3) is 11.8 Å². The van der Waals surface area contributed by atoms with Gasteiger partial charge in [0.1, 0.15) is 11.9 Å². The summed E-state index contributed by atoms with van der Waals surface area (Å²) in [5.74, 6) is -0.776. The lowest BCUT2D eigenvalue weighted by atomic mass is 10.2. The van der Waals surface area contributed by atoms with Gasteiger partial charge in [-0.05, 0) is 48.5 Å². The number of amides is 1. The monoisotopic (exact) mass is 356 g/mol. The third-order valence-electron chi connectivity index (χ3n) is 3.22. The molecule has 0 atom stereocenters. The summed E-state index contributed by atoms with van der Waals surface area (Å²) < 4.78 is 18.3. The molecule has 0 unspecified atom stereocenters. The highest BCUT2D eigenvalue weighted by Gasteiger charge is 2.15. The van der Waals surface area contributed by atoms with E-state index in [4.69, 9.17) is 21.3 Å². The SMILES string of the molecule is N#Cc1nc(-c2ccc(Cl)cc2)oc1NNC(=O)c1ccc(F)cc1. The minimum atomic E-state index is -0.520. The Labute approximate surface area is 146 Å². The van der Waals surface area contributed by atoms with Gasteiger partial charge in [0.05, 0.1) is 0 Å². The molecule has 6 nitrogen and oxygen atoms in total. The van der Waals surface area contributed by atoms with Crippen LogP contribution in [0.5, 0.6) is 0 Å². The molecule has 0 saturated carbocycles. The van der Waals surface area contributed by atoms with Crippen molar-refractivity contribution in [3.63, 3.8) is 0 Å². The second-order valence-electron chi connectivity index (χ2n) is 4.90. The zero-order valence-corrected chi connectivity index (χ0v) is 13.3. The molecule has 1 amide bonds. The zero-order valence-electron chi connectivity index (χ0n) is 12.6. The van der Waals surface area contributed by atoms with Crippen molar-refractivity contribution >= 4 is 23.4 Å². The Kier molecular flexibility index (Phi) is 4.64. The third-order valence-corrected chi connectivity index (χ3v) is 3.47. The number of hydrogen-bond donors (Lipinski definition) is 2. The Balaban J connectivity index is 1.76. The van der Waals surface area contributed by atoms with Crippen LogP contribution in [-0.2, 0) is 0 Å². The van der Waals surface area contributed by atoms with Crippen LogP contribution < -0.4 is 10.9 Å².